The zero-order valence-electron chi connectivity index (χ0n) is 12.8. The lowest BCUT2D eigenvalue weighted by molar-refractivity contribution is -0.157. The lowest BCUT2D eigenvalue weighted by atomic mass is 9.91. The third-order valence-electron chi connectivity index (χ3n) is 3.99. The Hall–Kier alpha value is -1.43. The van der Waals surface area contributed by atoms with Crippen LogP contribution >= 0.6 is 0 Å². The normalized spacial score (nSPS) is 22.3. The fraction of sp³-hybridized carbons (Fsp3) is 0.562. The molecule has 1 aromatic rings. The number of aliphatic hydroxyl groups excluding tert-OH is 1. The van der Waals surface area contributed by atoms with Crippen molar-refractivity contribution in [2.75, 3.05) is 39.9 Å². The smallest absolute Gasteiger partial charge is 0.236 e. The Morgan fingerprint density at radius 1 is 1.48 bits per heavy atom. The minimum absolute atomic E-state index is 0.0448. The van der Waals surface area contributed by atoms with Gasteiger partial charge in [0.2, 0.25) is 5.91 Å². The number of rotatable bonds is 5. The van der Waals surface area contributed by atoms with E-state index in [2.05, 4.69) is 5.32 Å². The van der Waals surface area contributed by atoms with E-state index in [4.69, 9.17) is 4.74 Å². The number of carbonyl (C=O) groups excluding carboxylic acids is 1. The zero-order valence-corrected chi connectivity index (χ0v) is 12.8. The maximum absolute atomic E-state index is 12.0. The summed E-state index contributed by atoms with van der Waals surface area (Å²) in [4.78, 5) is 13.8. The molecule has 1 aliphatic heterocycles. The maximum atomic E-state index is 12.0. The molecular formula is C16H24N2O3. The van der Waals surface area contributed by atoms with Crippen LogP contribution in [0.5, 0.6) is 0 Å². The van der Waals surface area contributed by atoms with Gasteiger partial charge >= 0.3 is 0 Å². The van der Waals surface area contributed by atoms with Crippen LogP contribution < -0.4 is 5.32 Å². The largest absolute Gasteiger partial charge is 0.393 e. The van der Waals surface area contributed by atoms with Crippen molar-refractivity contribution in [3.63, 3.8) is 0 Å². The standard InChI is InChI=1S/C16H24N2O3/c1-13-5-3-4-6-14(13)9-16(12-19)11-18(7-8-21-16)15(20)10-17-2/h3-6,17,19H,7-12H2,1-2H3/t16-/m0/s1. The van der Waals surface area contributed by atoms with E-state index in [1.54, 1.807) is 11.9 Å². The summed E-state index contributed by atoms with van der Waals surface area (Å²) in [5.74, 6) is 0.0448. The number of nitrogens with one attached hydrogen (secondary N) is 1. The van der Waals surface area contributed by atoms with Crippen LogP contribution in [0.1, 0.15) is 11.1 Å². The number of amides is 1. The average Bonchev–Trinajstić information content (AvgIpc) is 2.50. The molecule has 0 aliphatic carbocycles. The molecule has 0 unspecified atom stereocenters. The second-order valence-electron chi connectivity index (χ2n) is 5.64. The first-order valence-corrected chi connectivity index (χ1v) is 7.32. The molecule has 1 aromatic carbocycles. The highest BCUT2D eigenvalue weighted by Gasteiger charge is 2.38. The number of carbonyl (C=O) groups is 1. The van der Waals surface area contributed by atoms with Crippen molar-refractivity contribution in [3.05, 3.63) is 35.4 Å². The number of hydrogen-bond acceptors (Lipinski definition) is 4. The minimum Gasteiger partial charge on any atom is -0.393 e. The summed E-state index contributed by atoms with van der Waals surface area (Å²) < 4.78 is 5.87. The number of benzene rings is 1. The number of aryl methyl sites for hydroxylation is 1. The number of hydrogen-bond donors (Lipinski definition) is 2. The van der Waals surface area contributed by atoms with Gasteiger partial charge in [-0.1, -0.05) is 24.3 Å². The monoisotopic (exact) mass is 292 g/mol. The SMILES string of the molecule is CNCC(=O)N1CCO[C@@](CO)(Cc2ccccc2C)C1. The van der Waals surface area contributed by atoms with Crippen molar-refractivity contribution in [1.82, 2.24) is 10.2 Å². The Kier molecular flexibility index (Phi) is 5.33. The summed E-state index contributed by atoms with van der Waals surface area (Å²) in [6.45, 7) is 3.74. The van der Waals surface area contributed by atoms with Crippen molar-refractivity contribution in [2.45, 2.75) is 18.9 Å². The third-order valence-corrected chi connectivity index (χ3v) is 3.99. The zero-order chi connectivity index (χ0) is 15.3. The predicted octanol–water partition coefficient (Wildman–Crippen LogP) is 0.347. The fourth-order valence-corrected chi connectivity index (χ4v) is 2.73. The second kappa shape index (κ2) is 7.02. The lowest BCUT2D eigenvalue weighted by Crippen LogP contribution is -2.57. The number of likely N-dealkylation sites (N-methyl/N-ethyl adjacent to an activating group) is 1. The molecule has 5 nitrogen and oxygen atoms in total. The quantitative estimate of drug-likeness (QED) is 0.822. The predicted molar refractivity (Wildman–Crippen MR) is 81.2 cm³/mol. The molecule has 0 bridgehead atoms. The van der Waals surface area contributed by atoms with E-state index in [-0.39, 0.29) is 12.5 Å². The van der Waals surface area contributed by atoms with Crippen LogP contribution in [0.15, 0.2) is 24.3 Å². The van der Waals surface area contributed by atoms with Crippen LogP contribution in [0.3, 0.4) is 0 Å². The van der Waals surface area contributed by atoms with Crippen LogP contribution in [0, 0.1) is 6.92 Å². The van der Waals surface area contributed by atoms with Crippen LogP contribution in [0.25, 0.3) is 0 Å². The number of nitrogens with zero attached hydrogens (tertiary/aromatic N) is 1. The van der Waals surface area contributed by atoms with Gasteiger partial charge in [0.25, 0.3) is 0 Å². The summed E-state index contributed by atoms with van der Waals surface area (Å²) in [5, 5.41) is 12.7. The van der Waals surface area contributed by atoms with Crippen LogP contribution in [0.4, 0.5) is 0 Å². The van der Waals surface area contributed by atoms with Gasteiger partial charge in [-0.2, -0.15) is 0 Å². The number of morpholine rings is 1. The molecule has 2 rings (SSSR count). The first-order valence-electron chi connectivity index (χ1n) is 7.32. The van der Waals surface area contributed by atoms with Gasteiger partial charge in [0.15, 0.2) is 0 Å². The second-order valence-corrected chi connectivity index (χ2v) is 5.64. The van der Waals surface area contributed by atoms with Gasteiger partial charge in [0.1, 0.15) is 5.60 Å². The van der Waals surface area contributed by atoms with E-state index < -0.39 is 5.60 Å². The van der Waals surface area contributed by atoms with Gasteiger partial charge in [0.05, 0.1) is 26.3 Å². The fourth-order valence-electron chi connectivity index (χ4n) is 2.73. The summed E-state index contributed by atoms with van der Waals surface area (Å²) in [5.41, 5.74) is 1.62. The number of aliphatic hydroxyl groups is 1. The van der Waals surface area contributed by atoms with Gasteiger partial charge in [-0.05, 0) is 25.1 Å². The summed E-state index contributed by atoms with van der Waals surface area (Å²) >= 11 is 0. The van der Waals surface area contributed by atoms with Crippen molar-refractivity contribution in [2.24, 2.45) is 0 Å². The van der Waals surface area contributed by atoms with E-state index in [9.17, 15) is 9.90 Å². The molecule has 1 saturated heterocycles. The molecule has 21 heavy (non-hydrogen) atoms. The molecule has 1 heterocycles. The highest BCUT2D eigenvalue weighted by Crippen LogP contribution is 2.24. The Morgan fingerprint density at radius 2 is 2.24 bits per heavy atom. The lowest BCUT2D eigenvalue weighted by Gasteiger charge is -2.42. The van der Waals surface area contributed by atoms with Crippen LogP contribution in [0.2, 0.25) is 0 Å². The van der Waals surface area contributed by atoms with Crippen molar-refractivity contribution < 1.29 is 14.6 Å². The van der Waals surface area contributed by atoms with E-state index >= 15 is 0 Å². The van der Waals surface area contributed by atoms with Crippen molar-refractivity contribution >= 4 is 5.91 Å². The molecule has 1 atom stereocenters. The average molecular weight is 292 g/mol. The molecule has 116 valence electrons. The molecule has 5 heteroatoms. The summed E-state index contributed by atoms with van der Waals surface area (Å²) in [6, 6.07) is 8.08. The van der Waals surface area contributed by atoms with Gasteiger partial charge in [-0.25, -0.2) is 0 Å². The molecule has 1 aliphatic rings. The Labute approximate surface area is 125 Å². The van der Waals surface area contributed by atoms with Crippen LogP contribution in [-0.4, -0.2) is 61.4 Å². The highest BCUT2D eigenvalue weighted by molar-refractivity contribution is 5.78. The van der Waals surface area contributed by atoms with E-state index in [0.29, 0.717) is 32.7 Å². The highest BCUT2D eigenvalue weighted by atomic mass is 16.5. The van der Waals surface area contributed by atoms with E-state index in [1.807, 2.05) is 31.2 Å². The molecule has 0 saturated carbocycles. The minimum atomic E-state index is -0.701. The van der Waals surface area contributed by atoms with Gasteiger partial charge in [-0.15, -0.1) is 0 Å². The van der Waals surface area contributed by atoms with E-state index in [0.717, 1.165) is 5.56 Å². The number of ether oxygens (including phenoxy) is 1. The Bertz CT molecular complexity index is 492. The van der Waals surface area contributed by atoms with Crippen molar-refractivity contribution in [1.29, 1.82) is 0 Å². The molecule has 0 spiro atoms. The summed E-state index contributed by atoms with van der Waals surface area (Å²) in [7, 11) is 1.75. The first-order chi connectivity index (χ1) is 10.1. The third kappa shape index (κ3) is 3.81. The molecule has 2 N–H and O–H groups in total. The van der Waals surface area contributed by atoms with Gasteiger partial charge in [-0.3, -0.25) is 4.79 Å². The van der Waals surface area contributed by atoms with Gasteiger partial charge < -0.3 is 20.1 Å². The van der Waals surface area contributed by atoms with Gasteiger partial charge in [0, 0.05) is 13.0 Å². The van der Waals surface area contributed by atoms with E-state index in [1.165, 1.54) is 5.56 Å². The molecule has 1 amide bonds. The summed E-state index contributed by atoms with van der Waals surface area (Å²) in [6.07, 6.45) is 0.611. The molecular weight excluding hydrogens is 268 g/mol. The Morgan fingerprint density at radius 3 is 2.90 bits per heavy atom. The van der Waals surface area contributed by atoms with Crippen molar-refractivity contribution in [3.8, 4) is 0 Å². The first kappa shape index (κ1) is 15.9. The molecule has 1 fully saturated rings. The molecule has 0 radical (unpaired) electrons. The van der Waals surface area contributed by atoms with Crippen LogP contribution in [-0.2, 0) is 16.0 Å². The maximum Gasteiger partial charge on any atom is 0.236 e. The topological polar surface area (TPSA) is 61.8 Å². The Balaban J connectivity index is 2.13. The molecule has 0 aromatic heterocycles.